The maximum Gasteiger partial charge on any atom is 0.332 e. The Labute approximate surface area is 109 Å². The number of aryl methyl sites for hydroxylation is 1. The number of hydrazone groups is 1. The molecule has 0 unspecified atom stereocenters. The molecule has 6 heteroatoms. The van der Waals surface area contributed by atoms with Gasteiger partial charge in [0, 0.05) is 11.1 Å². The van der Waals surface area contributed by atoms with Crippen molar-refractivity contribution in [2.75, 3.05) is 0 Å². The van der Waals surface area contributed by atoms with Crippen LogP contribution in [0, 0.1) is 6.92 Å². The van der Waals surface area contributed by atoms with Crippen LogP contribution in [0.3, 0.4) is 0 Å². The lowest BCUT2D eigenvalue weighted by molar-refractivity contribution is 0.249. The number of hydrogen-bond acceptors (Lipinski definition) is 4. The van der Waals surface area contributed by atoms with Crippen LogP contribution in [0.5, 0.6) is 0 Å². The predicted molar refractivity (Wildman–Crippen MR) is 72.6 cm³/mol. The van der Waals surface area contributed by atoms with Crippen molar-refractivity contribution in [3.05, 3.63) is 41.6 Å². The van der Waals surface area contributed by atoms with Gasteiger partial charge in [-0.15, -0.1) is 0 Å². The molecular formula is C12H12N4OS. The zero-order valence-electron chi connectivity index (χ0n) is 9.75. The highest BCUT2D eigenvalue weighted by atomic mass is 32.1. The quantitative estimate of drug-likeness (QED) is 0.654. The van der Waals surface area contributed by atoms with E-state index < -0.39 is 6.03 Å². The van der Waals surface area contributed by atoms with Crippen LogP contribution in [0.2, 0.25) is 0 Å². The van der Waals surface area contributed by atoms with Crippen molar-refractivity contribution in [3.8, 4) is 10.4 Å². The first-order valence-electron chi connectivity index (χ1n) is 5.28. The number of carbonyl (C=O) groups is 1. The third-order valence-corrected chi connectivity index (χ3v) is 3.15. The molecule has 3 N–H and O–H groups in total. The highest BCUT2D eigenvalue weighted by Gasteiger charge is 2.05. The second kappa shape index (κ2) is 5.42. The number of primary amides is 1. The Hall–Kier alpha value is -2.21. The minimum Gasteiger partial charge on any atom is -0.350 e. The van der Waals surface area contributed by atoms with Crippen molar-refractivity contribution in [1.29, 1.82) is 0 Å². The Morgan fingerprint density at radius 1 is 1.50 bits per heavy atom. The van der Waals surface area contributed by atoms with Crippen LogP contribution >= 0.6 is 11.5 Å². The molecule has 2 aromatic rings. The molecule has 0 fully saturated rings. The molecule has 0 aliphatic heterocycles. The van der Waals surface area contributed by atoms with Crippen molar-refractivity contribution in [2.24, 2.45) is 10.8 Å². The molecule has 0 bridgehead atoms. The van der Waals surface area contributed by atoms with Gasteiger partial charge >= 0.3 is 6.03 Å². The van der Waals surface area contributed by atoms with Crippen molar-refractivity contribution in [2.45, 2.75) is 6.92 Å². The molecule has 0 aliphatic carbocycles. The van der Waals surface area contributed by atoms with E-state index >= 15 is 0 Å². The fourth-order valence-electron chi connectivity index (χ4n) is 1.49. The van der Waals surface area contributed by atoms with Crippen LogP contribution in [0.15, 0.2) is 35.4 Å². The molecule has 5 nitrogen and oxygen atoms in total. The second-order valence-corrected chi connectivity index (χ2v) is 4.46. The summed E-state index contributed by atoms with van der Waals surface area (Å²) in [5.41, 5.74) is 10.0. The first-order valence-corrected chi connectivity index (χ1v) is 6.05. The fraction of sp³-hybridized carbons (Fsp3) is 0.0833. The summed E-state index contributed by atoms with van der Waals surface area (Å²) in [6.45, 7) is 1.95. The number of hydrogen-bond donors (Lipinski definition) is 2. The maximum atomic E-state index is 10.5. The van der Waals surface area contributed by atoms with Gasteiger partial charge in [0.05, 0.1) is 16.8 Å². The second-order valence-electron chi connectivity index (χ2n) is 3.65. The molecule has 0 saturated carbocycles. The molecule has 0 atom stereocenters. The molecule has 0 saturated heterocycles. The molecule has 1 aromatic carbocycles. The van der Waals surface area contributed by atoms with Gasteiger partial charge in [0.1, 0.15) is 0 Å². The monoisotopic (exact) mass is 260 g/mol. The summed E-state index contributed by atoms with van der Waals surface area (Å²) >= 11 is 1.43. The third kappa shape index (κ3) is 2.92. The van der Waals surface area contributed by atoms with Gasteiger partial charge < -0.3 is 5.73 Å². The number of nitrogens with one attached hydrogen (secondary N) is 1. The average Bonchev–Trinajstić information content (AvgIpc) is 2.76. The van der Waals surface area contributed by atoms with Gasteiger partial charge in [-0.2, -0.15) is 9.47 Å². The minimum atomic E-state index is -0.683. The summed E-state index contributed by atoms with van der Waals surface area (Å²) < 4.78 is 4.25. The Balaban J connectivity index is 2.31. The number of nitrogens with two attached hydrogens (primary N) is 1. The summed E-state index contributed by atoms with van der Waals surface area (Å²) in [5.74, 6) is 0. The van der Waals surface area contributed by atoms with Gasteiger partial charge in [0.25, 0.3) is 0 Å². The number of amides is 2. The minimum absolute atomic E-state index is 0.683. The van der Waals surface area contributed by atoms with Crippen molar-refractivity contribution < 1.29 is 4.79 Å². The Morgan fingerprint density at radius 2 is 2.28 bits per heavy atom. The van der Waals surface area contributed by atoms with Crippen LogP contribution in [-0.2, 0) is 0 Å². The molecule has 1 aromatic heterocycles. The van der Waals surface area contributed by atoms with Gasteiger partial charge in [-0.1, -0.05) is 24.3 Å². The molecule has 0 aliphatic rings. The zero-order chi connectivity index (χ0) is 13.0. The van der Waals surface area contributed by atoms with Crippen molar-refractivity contribution in [1.82, 2.24) is 9.80 Å². The number of urea groups is 1. The van der Waals surface area contributed by atoms with E-state index in [0.29, 0.717) is 0 Å². The first kappa shape index (κ1) is 12.3. The number of aromatic nitrogens is 1. The molecular weight excluding hydrogens is 248 g/mol. The van der Waals surface area contributed by atoms with Gasteiger partial charge in [0.2, 0.25) is 0 Å². The van der Waals surface area contributed by atoms with E-state index in [-0.39, 0.29) is 0 Å². The van der Waals surface area contributed by atoms with E-state index in [1.807, 2.05) is 37.3 Å². The van der Waals surface area contributed by atoms with Gasteiger partial charge in [0.15, 0.2) is 0 Å². The van der Waals surface area contributed by atoms with Crippen LogP contribution in [0.4, 0.5) is 4.79 Å². The van der Waals surface area contributed by atoms with Gasteiger partial charge in [-0.05, 0) is 24.5 Å². The van der Waals surface area contributed by atoms with Crippen molar-refractivity contribution >= 4 is 23.8 Å². The van der Waals surface area contributed by atoms with E-state index in [2.05, 4.69) is 14.9 Å². The summed E-state index contributed by atoms with van der Waals surface area (Å²) in [5, 5.41) is 3.77. The first-order chi connectivity index (χ1) is 8.66. The number of carbonyl (C=O) groups excluding carboxylic acids is 1. The lowest BCUT2D eigenvalue weighted by Crippen LogP contribution is -2.24. The Bertz CT molecular complexity index is 591. The van der Waals surface area contributed by atoms with Crippen LogP contribution in [0.25, 0.3) is 10.4 Å². The fourth-order valence-corrected chi connectivity index (χ4v) is 2.29. The topological polar surface area (TPSA) is 80.4 Å². The largest absolute Gasteiger partial charge is 0.350 e. The number of benzene rings is 1. The third-order valence-electron chi connectivity index (χ3n) is 2.23. The van der Waals surface area contributed by atoms with Crippen LogP contribution in [-0.4, -0.2) is 16.6 Å². The van der Waals surface area contributed by atoms with Crippen LogP contribution < -0.4 is 11.2 Å². The summed E-state index contributed by atoms with van der Waals surface area (Å²) in [6, 6.07) is 9.08. The standard InChI is InChI=1S/C12H12N4OS/c1-8-6-11(18-16-8)10-5-3-2-4-9(10)7-14-15-12(13)17/h2-7H,1H3,(H3,13,15,17). The smallest absolute Gasteiger partial charge is 0.332 e. The van der Waals surface area contributed by atoms with E-state index in [4.69, 9.17) is 5.73 Å². The lowest BCUT2D eigenvalue weighted by atomic mass is 10.1. The molecule has 92 valence electrons. The average molecular weight is 260 g/mol. The van der Waals surface area contributed by atoms with Gasteiger partial charge in [-0.3, -0.25) is 0 Å². The van der Waals surface area contributed by atoms with Crippen LogP contribution in [0.1, 0.15) is 11.3 Å². The normalized spacial score (nSPS) is 10.7. The lowest BCUT2D eigenvalue weighted by Gasteiger charge is -2.01. The van der Waals surface area contributed by atoms with E-state index in [9.17, 15) is 4.79 Å². The van der Waals surface area contributed by atoms with Crippen molar-refractivity contribution in [3.63, 3.8) is 0 Å². The molecule has 18 heavy (non-hydrogen) atoms. The van der Waals surface area contributed by atoms with E-state index in [1.165, 1.54) is 11.5 Å². The molecule has 1 heterocycles. The van der Waals surface area contributed by atoms with Gasteiger partial charge in [-0.25, -0.2) is 10.2 Å². The molecule has 2 rings (SSSR count). The predicted octanol–water partition coefficient (Wildman–Crippen LogP) is 2.12. The maximum absolute atomic E-state index is 10.5. The summed E-state index contributed by atoms with van der Waals surface area (Å²) in [6.07, 6.45) is 1.56. The summed E-state index contributed by atoms with van der Waals surface area (Å²) in [4.78, 5) is 11.6. The Morgan fingerprint density at radius 3 is 2.94 bits per heavy atom. The molecule has 0 spiro atoms. The molecule has 2 amide bonds. The van der Waals surface area contributed by atoms with E-state index in [1.54, 1.807) is 6.21 Å². The summed E-state index contributed by atoms with van der Waals surface area (Å²) in [7, 11) is 0. The zero-order valence-corrected chi connectivity index (χ0v) is 10.6. The Kier molecular flexibility index (Phi) is 3.69. The number of rotatable bonds is 3. The van der Waals surface area contributed by atoms with E-state index in [0.717, 1.165) is 21.7 Å². The number of nitrogens with zero attached hydrogens (tertiary/aromatic N) is 2. The SMILES string of the molecule is Cc1cc(-c2ccccc2C=NNC(N)=O)sn1. The highest BCUT2D eigenvalue weighted by Crippen LogP contribution is 2.26. The highest BCUT2D eigenvalue weighted by molar-refractivity contribution is 7.09. The molecule has 0 radical (unpaired) electrons.